The van der Waals surface area contributed by atoms with Gasteiger partial charge in [0, 0.05) is 23.1 Å². The second-order valence-electron chi connectivity index (χ2n) is 5.25. The fraction of sp³-hybridized carbons (Fsp3) is 0.111. The number of carbonyl (C=O) groups excluding carboxylic acids is 1. The van der Waals surface area contributed by atoms with Crippen LogP contribution in [0.4, 0.5) is 5.69 Å². The van der Waals surface area contributed by atoms with Gasteiger partial charge in [-0.2, -0.15) is 5.10 Å². The van der Waals surface area contributed by atoms with E-state index >= 15 is 0 Å². The summed E-state index contributed by atoms with van der Waals surface area (Å²) in [6.07, 6.45) is 1.76. The van der Waals surface area contributed by atoms with Crippen molar-refractivity contribution in [1.82, 2.24) is 9.78 Å². The molecule has 1 N–H and O–H groups in total. The number of benzene rings is 2. The van der Waals surface area contributed by atoms with Gasteiger partial charge in [-0.15, -0.1) is 0 Å². The zero-order chi connectivity index (χ0) is 15.5. The van der Waals surface area contributed by atoms with E-state index in [0.717, 1.165) is 22.6 Å². The molecule has 0 spiro atoms. The van der Waals surface area contributed by atoms with Gasteiger partial charge in [-0.25, -0.2) is 4.68 Å². The molecule has 110 valence electrons. The van der Waals surface area contributed by atoms with E-state index in [0.29, 0.717) is 5.56 Å². The predicted octanol–water partition coefficient (Wildman–Crippen LogP) is 3.74. The minimum absolute atomic E-state index is 0.118. The summed E-state index contributed by atoms with van der Waals surface area (Å²) < 4.78 is 1.83. The van der Waals surface area contributed by atoms with Crippen LogP contribution in [-0.2, 0) is 0 Å². The van der Waals surface area contributed by atoms with Crippen LogP contribution in [0.1, 0.15) is 21.6 Å². The molecule has 0 aliphatic heterocycles. The Kier molecular flexibility index (Phi) is 3.74. The summed E-state index contributed by atoms with van der Waals surface area (Å²) in [6.45, 7) is 4.01. The minimum atomic E-state index is -0.118. The van der Waals surface area contributed by atoms with Crippen molar-refractivity contribution in [3.63, 3.8) is 0 Å². The van der Waals surface area contributed by atoms with Crippen LogP contribution in [0, 0.1) is 13.8 Å². The van der Waals surface area contributed by atoms with Gasteiger partial charge in [0.15, 0.2) is 0 Å². The highest BCUT2D eigenvalue weighted by Gasteiger charge is 2.07. The molecule has 0 bridgehead atoms. The lowest BCUT2D eigenvalue weighted by Crippen LogP contribution is -2.12. The number of hydrogen-bond donors (Lipinski definition) is 1. The smallest absolute Gasteiger partial charge is 0.255 e. The molecule has 0 fully saturated rings. The van der Waals surface area contributed by atoms with Crippen molar-refractivity contribution in [3.05, 3.63) is 77.6 Å². The Labute approximate surface area is 129 Å². The van der Waals surface area contributed by atoms with Gasteiger partial charge in [-0.3, -0.25) is 4.79 Å². The topological polar surface area (TPSA) is 46.9 Å². The lowest BCUT2D eigenvalue weighted by molar-refractivity contribution is 0.102. The Morgan fingerprint density at radius 1 is 0.955 bits per heavy atom. The third kappa shape index (κ3) is 2.91. The fourth-order valence-corrected chi connectivity index (χ4v) is 2.23. The Morgan fingerprint density at radius 2 is 1.64 bits per heavy atom. The first-order chi connectivity index (χ1) is 10.6. The zero-order valence-electron chi connectivity index (χ0n) is 12.6. The summed E-state index contributed by atoms with van der Waals surface area (Å²) in [6, 6.07) is 17.1. The van der Waals surface area contributed by atoms with Crippen LogP contribution in [-0.4, -0.2) is 15.7 Å². The van der Waals surface area contributed by atoms with E-state index in [4.69, 9.17) is 0 Å². The Balaban J connectivity index is 1.76. The van der Waals surface area contributed by atoms with E-state index in [1.165, 1.54) is 0 Å². The number of carbonyl (C=O) groups is 1. The molecule has 0 aliphatic rings. The van der Waals surface area contributed by atoms with E-state index < -0.39 is 0 Å². The number of rotatable bonds is 3. The number of nitrogens with zero attached hydrogens (tertiary/aromatic N) is 2. The molecular formula is C18H17N3O. The van der Waals surface area contributed by atoms with Crippen molar-refractivity contribution >= 4 is 11.6 Å². The summed E-state index contributed by atoms with van der Waals surface area (Å²) in [5.41, 5.74) is 4.57. The molecule has 3 aromatic rings. The van der Waals surface area contributed by atoms with Crippen molar-refractivity contribution in [1.29, 1.82) is 0 Å². The van der Waals surface area contributed by atoms with Crippen LogP contribution in [0.2, 0.25) is 0 Å². The number of amides is 1. The largest absolute Gasteiger partial charge is 0.322 e. The number of aromatic nitrogens is 2. The van der Waals surface area contributed by atoms with E-state index in [2.05, 4.69) is 10.4 Å². The van der Waals surface area contributed by atoms with Gasteiger partial charge in [-0.1, -0.05) is 17.7 Å². The van der Waals surface area contributed by atoms with E-state index in [-0.39, 0.29) is 5.91 Å². The molecular weight excluding hydrogens is 274 g/mol. The van der Waals surface area contributed by atoms with E-state index in [1.54, 1.807) is 18.3 Å². The Morgan fingerprint density at radius 3 is 2.23 bits per heavy atom. The SMILES string of the molecule is Cc1ccc(NC(=O)c2ccc(-n3nccc3C)cc2)cc1. The molecule has 1 heterocycles. The summed E-state index contributed by atoms with van der Waals surface area (Å²) >= 11 is 0. The Hall–Kier alpha value is -2.88. The number of nitrogens with one attached hydrogen (secondary N) is 1. The van der Waals surface area contributed by atoms with Crippen LogP contribution in [0.3, 0.4) is 0 Å². The van der Waals surface area contributed by atoms with Gasteiger partial charge in [0.05, 0.1) is 5.69 Å². The van der Waals surface area contributed by atoms with Crippen LogP contribution in [0.5, 0.6) is 0 Å². The van der Waals surface area contributed by atoms with Crippen LogP contribution in [0.25, 0.3) is 5.69 Å². The summed E-state index contributed by atoms with van der Waals surface area (Å²) in [5.74, 6) is -0.118. The van der Waals surface area contributed by atoms with E-state index in [1.807, 2.05) is 61.0 Å². The average molecular weight is 291 g/mol. The zero-order valence-corrected chi connectivity index (χ0v) is 12.6. The van der Waals surface area contributed by atoms with Crippen molar-refractivity contribution in [3.8, 4) is 5.69 Å². The van der Waals surface area contributed by atoms with Crippen molar-refractivity contribution < 1.29 is 4.79 Å². The molecule has 22 heavy (non-hydrogen) atoms. The third-order valence-corrected chi connectivity index (χ3v) is 3.52. The van der Waals surface area contributed by atoms with Crippen molar-refractivity contribution in [2.45, 2.75) is 13.8 Å². The highest BCUT2D eigenvalue weighted by molar-refractivity contribution is 6.04. The van der Waals surface area contributed by atoms with Gasteiger partial charge in [0.25, 0.3) is 5.91 Å². The quantitative estimate of drug-likeness (QED) is 0.799. The van der Waals surface area contributed by atoms with Crippen LogP contribution in [0.15, 0.2) is 60.8 Å². The van der Waals surface area contributed by atoms with Crippen molar-refractivity contribution in [2.24, 2.45) is 0 Å². The van der Waals surface area contributed by atoms with Gasteiger partial charge in [0.1, 0.15) is 0 Å². The molecule has 0 saturated heterocycles. The lowest BCUT2D eigenvalue weighted by Gasteiger charge is -2.08. The molecule has 3 rings (SSSR count). The molecule has 0 radical (unpaired) electrons. The number of anilines is 1. The summed E-state index contributed by atoms with van der Waals surface area (Å²) in [5, 5.41) is 7.14. The number of aryl methyl sites for hydroxylation is 2. The fourth-order valence-electron chi connectivity index (χ4n) is 2.23. The highest BCUT2D eigenvalue weighted by atomic mass is 16.1. The van der Waals surface area contributed by atoms with Crippen LogP contribution >= 0.6 is 0 Å². The van der Waals surface area contributed by atoms with Crippen LogP contribution < -0.4 is 5.32 Å². The second-order valence-corrected chi connectivity index (χ2v) is 5.25. The molecule has 0 aliphatic carbocycles. The first kappa shape index (κ1) is 14.1. The lowest BCUT2D eigenvalue weighted by atomic mass is 10.1. The minimum Gasteiger partial charge on any atom is -0.322 e. The molecule has 1 amide bonds. The maximum absolute atomic E-state index is 12.2. The molecule has 4 heteroatoms. The second kappa shape index (κ2) is 5.85. The standard InChI is InChI=1S/C18H17N3O/c1-13-3-7-16(8-4-13)20-18(22)15-5-9-17(10-6-15)21-14(2)11-12-19-21/h3-12H,1-2H3,(H,20,22). The first-order valence-electron chi connectivity index (χ1n) is 7.12. The first-order valence-corrected chi connectivity index (χ1v) is 7.12. The van der Waals surface area contributed by atoms with Gasteiger partial charge < -0.3 is 5.32 Å². The maximum Gasteiger partial charge on any atom is 0.255 e. The van der Waals surface area contributed by atoms with E-state index in [9.17, 15) is 4.79 Å². The van der Waals surface area contributed by atoms with Crippen molar-refractivity contribution in [2.75, 3.05) is 5.32 Å². The maximum atomic E-state index is 12.2. The predicted molar refractivity (Wildman–Crippen MR) is 87.4 cm³/mol. The molecule has 0 atom stereocenters. The molecule has 2 aromatic carbocycles. The summed E-state index contributed by atoms with van der Waals surface area (Å²) in [4.78, 5) is 12.2. The monoisotopic (exact) mass is 291 g/mol. The summed E-state index contributed by atoms with van der Waals surface area (Å²) in [7, 11) is 0. The third-order valence-electron chi connectivity index (χ3n) is 3.52. The molecule has 1 aromatic heterocycles. The molecule has 0 saturated carbocycles. The number of hydrogen-bond acceptors (Lipinski definition) is 2. The Bertz CT molecular complexity index is 786. The van der Waals surface area contributed by atoms with Gasteiger partial charge in [-0.05, 0) is 56.3 Å². The van der Waals surface area contributed by atoms with Gasteiger partial charge in [0.2, 0.25) is 0 Å². The molecule has 4 nitrogen and oxygen atoms in total. The van der Waals surface area contributed by atoms with Gasteiger partial charge >= 0.3 is 0 Å². The molecule has 0 unspecified atom stereocenters. The highest BCUT2D eigenvalue weighted by Crippen LogP contribution is 2.14. The average Bonchev–Trinajstić information content (AvgIpc) is 2.96. The normalized spacial score (nSPS) is 10.5.